The normalized spacial score (nSPS) is 15.3. The molecule has 0 spiro atoms. The van der Waals surface area contributed by atoms with E-state index < -0.39 is 5.69 Å². The molecule has 0 aliphatic carbocycles. The van der Waals surface area contributed by atoms with Gasteiger partial charge in [-0.25, -0.2) is 4.79 Å². The minimum atomic E-state index is -0.467. The van der Waals surface area contributed by atoms with Crippen LogP contribution in [0.4, 0.5) is 0 Å². The summed E-state index contributed by atoms with van der Waals surface area (Å²) in [6.45, 7) is 5.45. The van der Waals surface area contributed by atoms with Crippen LogP contribution in [0.1, 0.15) is 5.56 Å². The summed E-state index contributed by atoms with van der Waals surface area (Å²) in [5, 5.41) is 3.16. The zero-order valence-electron chi connectivity index (χ0n) is 8.63. The number of aromatic nitrogens is 2. The summed E-state index contributed by atoms with van der Waals surface area (Å²) in [4.78, 5) is 25.3. The minimum absolute atomic E-state index is 0.334. The molecule has 0 radical (unpaired) electrons. The van der Waals surface area contributed by atoms with Crippen molar-refractivity contribution in [3.63, 3.8) is 0 Å². The van der Waals surface area contributed by atoms with Gasteiger partial charge < -0.3 is 15.0 Å². The fraction of sp³-hybridized carbons (Fsp3) is 0.556. The third-order valence-electron chi connectivity index (χ3n) is 1.85. The highest BCUT2D eigenvalue weighted by molar-refractivity contribution is 4.98. The van der Waals surface area contributed by atoms with Gasteiger partial charge in [0, 0.05) is 24.8 Å². The zero-order valence-corrected chi connectivity index (χ0v) is 8.63. The Balaban J connectivity index is 0.000000162. The van der Waals surface area contributed by atoms with Crippen molar-refractivity contribution < 1.29 is 4.74 Å². The van der Waals surface area contributed by atoms with Gasteiger partial charge in [-0.3, -0.25) is 9.78 Å². The third kappa shape index (κ3) is 4.57. The third-order valence-corrected chi connectivity index (χ3v) is 1.85. The summed E-state index contributed by atoms with van der Waals surface area (Å²) < 4.78 is 5.01. The maximum atomic E-state index is 10.6. The van der Waals surface area contributed by atoms with Gasteiger partial charge >= 0.3 is 5.69 Å². The molecule has 6 nitrogen and oxygen atoms in total. The summed E-state index contributed by atoms with van der Waals surface area (Å²) >= 11 is 0. The number of hydrogen-bond donors (Lipinski definition) is 3. The average Bonchev–Trinajstić information content (AvgIpc) is 2.27. The molecule has 6 heteroatoms. The molecule has 0 unspecified atom stereocenters. The lowest BCUT2D eigenvalue weighted by Crippen LogP contribution is -2.30. The van der Waals surface area contributed by atoms with E-state index in [1.165, 1.54) is 6.20 Å². The van der Waals surface area contributed by atoms with Gasteiger partial charge in [0.05, 0.1) is 13.2 Å². The Hall–Kier alpha value is -1.40. The fourth-order valence-electron chi connectivity index (χ4n) is 0.993. The van der Waals surface area contributed by atoms with Crippen molar-refractivity contribution in [3.05, 3.63) is 32.6 Å². The molecule has 3 N–H and O–H groups in total. The topological polar surface area (TPSA) is 87.0 Å². The largest absolute Gasteiger partial charge is 0.379 e. The lowest BCUT2D eigenvalue weighted by Gasteiger charge is -2.10. The van der Waals surface area contributed by atoms with Gasteiger partial charge in [-0.1, -0.05) is 0 Å². The molecule has 1 aromatic heterocycles. The van der Waals surface area contributed by atoms with Crippen molar-refractivity contribution in [1.29, 1.82) is 0 Å². The maximum Gasteiger partial charge on any atom is 0.325 e. The molecule has 84 valence electrons. The van der Waals surface area contributed by atoms with Crippen molar-refractivity contribution in [1.82, 2.24) is 15.3 Å². The Morgan fingerprint density at radius 1 is 1.27 bits per heavy atom. The zero-order chi connectivity index (χ0) is 11.1. The van der Waals surface area contributed by atoms with E-state index >= 15 is 0 Å². The van der Waals surface area contributed by atoms with E-state index in [1.54, 1.807) is 6.92 Å². The fourth-order valence-corrected chi connectivity index (χ4v) is 0.993. The molecule has 15 heavy (non-hydrogen) atoms. The molecule has 0 atom stereocenters. The Morgan fingerprint density at radius 3 is 2.27 bits per heavy atom. The number of ether oxygens (including phenoxy) is 1. The number of aryl methyl sites for hydroxylation is 1. The maximum absolute atomic E-state index is 10.6. The summed E-state index contributed by atoms with van der Waals surface area (Å²) in [7, 11) is 0. The van der Waals surface area contributed by atoms with E-state index in [2.05, 4.69) is 15.3 Å². The lowest BCUT2D eigenvalue weighted by molar-refractivity contribution is 0.109. The van der Waals surface area contributed by atoms with Gasteiger partial charge in [0.15, 0.2) is 0 Å². The Bertz CT molecular complexity index is 381. The molecular formula is C9H15N3O3. The van der Waals surface area contributed by atoms with Crippen LogP contribution in [0.3, 0.4) is 0 Å². The average molecular weight is 213 g/mol. The second-order valence-corrected chi connectivity index (χ2v) is 3.12. The van der Waals surface area contributed by atoms with Crippen LogP contribution < -0.4 is 16.6 Å². The summed E-state index contributed by atoms with van der Waals surface area (Å²) in [6, 6.07) is 0. The quantitative estimate of drug-likeness (QED) is 0.514. The molecule has 0 saturated carbocycles. The second-order valence-electron chi connectivity index (χ2n) is 3.12. The highest BCUT2D eigenvalue weighted by Gasteiger charge is 1.93. The first kappa shape index (κ1) is 11.7. The summed E-state index contributed by atoms with van der Waals surface area (Å²) in [5.41, 5.74) is -0.293. The van der Waals surface area contributed by atoms with Crippen molar-refractivity contribution in [3.8, 4) is 0 Å². The SMILES string of the molecule is C1COCCN1.Cc1c[nH]c(=O)[nH]c1=O. The molecule has 0 amide bonds. The van der Waals surface area contributed by atoms with E-state index in [4.69, 9.17) is 4.74 Å². The highest BCUT2D eigenvalue weighted by Crippen LogP contribution is 1.76. The van der Waals surface area contributed by atoms with E-state index in [0.29, 0.717) is 5.56 Å². The number of morpholine rings is 1. The van der Waals surface area contributed by atoms with E-state index in [1.807, 2.05) is 0 Å². The van der Waals surface area contributed by atoms with E-state index in [9.17, 15) is 9.59 Å². The predicted octanol–water partition coefficient (Wildman–Crippen LogP) is -1.02. The van der Waals surface area contributed by atoms with Crippen molar-refractivity contribution in [2.24, 2.45) is 0 Å². The number of rotatable bonds is 0. The van der Waals surface area contributed by atoms with E-state index in [-0.39, 0.29) is 5.56 Å². The molecule has 1 fully saturated rings. The minimum Gasteiger partial charge on any atom is -0.379 e. The number of aromatic amines is 2. The Morgan fingerprint density at radius 2 is 1.93 bits per heavy atom. The van der Waals surface area contributed by atoms with Crippen LogP contribution in [0, 0.1) is 6.92 Å². The van der Waals surface area contributed by atoms with Crippen molar-refractivity contribution in [2.45, 2.75) is 6.92 Å². The van der Waals surface area contributed by atoms with E-state index in [0.717, 1.165) is 26.3 Å². The first-order valence-corrected chi connectivity index (χ1v) is 4.77. The summed E-state index contributed by atoms with van der Waals surface area (Å²) in [5.74, 6) is 0. The van der Waals surface area contributed by atoms with Gasteiger partial charge in [0.25, 0.3) is 5.56 Å². The van der Waals surface area contributed by atoms with Crippen LogP contribution >= 0.6 is 0 Å². The summed E-state index contributed by atoms with van der Waals surface area (Å²) in [6.07, 6.45) is 1.38. The standard InChI is InChI=1S/C5H6N2O2.C4H9NO/c1-3-2-6-5(9)7-4(3)8;1-3-6-4-2-5-1/h2H,1H3,(H2,6,7,8,9);5H,1-4H2. The van der Waals surface area contributed by atoms with Crippen LogP contribution in [0.5, 0.6) is 0 Å². The van der Waals surface area contributed by atoms with Crippen LogP contribution in [0.2, 0.25) is 0 Å². The molecule has 0 aromatic carbocycles. The van der Waals surface area contributed by atoms with Gasteiger partial charge in [0.1, 0.15) is 0 Å². The molecule has 1 saturated heterocycles. The first-order chi connectivity index (χ1) is 7.20. The molecule has 1 aliphatic rings. The lowest BCUT2D eigenvalue weighted by atomic mass is 10.4. The molecule has 2 heterocycles. The van der Waals surface area contributed by atoms with Gasteiger partial charge in [-0.2, -0.15) is 0 Å². The van der Waals surface area contributed by atoms with Crippen LogP contribution in [0.25, 0.3) is 0 Å². The molecular weight excluding hydrogens is 198 g/mol. The highest BCUT2D eigenvalue weighted by atomic mass is 16.5. The van der Waals surface area contributed by atoms with Crippen LogP contribution in [-0.4, -0.2) is 36.3 Å². The van der Waals surface area contributed by atoms with Gasteiger partial charge in [0.2, 0.25) is 0 Å². The number of nitrogens with one attached hydrogen (secondary N) is 3. The molecule has 0 bridgehead atoms. The first-order valence-electron chi connectivity index (χ1n) is 4.77. The van der Waals surface area contributed by atoms with Gasteiger partial charge in [-0.05, 0) is 6.92 Å². The Labute approximate surface area is 86.7 Å². The number of H-pyrrole nitrogens is 2. The molecule has 1 aliphatic heterocycles. The second kappa shape index (κ2) is 6.15. The number of hydrogen-bond acceptors (Lipinski definition) is 4. The predicted molar refractivity (Wildman–Crippen MR) is 56.1 cm³/mol. The molecule has 1 aromatic rings. The van der Waals surface area contributed by atoms with Crippen molar-refractivity contribution >= 4 is 0 Å². The Kier molecular flexibility index (Phi) is 4.79. The monoisotopic (exact) mass is 213 g/mol. The molecule has 2 rings (SSSR count). The van der Waals surface area contributed by atoms with Crippen LogP contribution in [0.15, 0.2) is 15.8 Å². The van der Waals surface area contributed by atoms with Crippen LogP contribution in [-0.2, 0) is 4.74 Å². The van der Waals surface area contributed by atoms with Gasteiger partial charge in [-0.15, -0.1) is 0 Å². The van der Waals surface area contributed by atoms with Crippen molar-refractivity contribution in [2.75, 3.05) is 26.3 Å². The smallest absolute Gasteiger partial charge is 0.325 e.